The molecule has 0 aromatic heterocycles. The summed E-state index contributed by atoms with van der Waals surface area (Å²) in [5.41, 5.74) is 3.74. The molecule has 0 saturated heterocycles. The van der Waals surface area contributed by atoms with E-state index in [2.05, 4.69) is 53.8 Å². The molecule has 3 heteroatoms. The van der Waals surface area contributed by atoms with Crippen molar-refractivity contribution in [1.82, 2.24) is 5.32 Å². The summed E-state index contributed by atoms with van der Waals surface area (Å²) in [5, 5.41) is 4.72. The topological polar surface area (TPSA) is 21.3 Å². The smallest absolute Gasteiger partial charge is 0.127 e. The first kappa shape index (κ1) is 22.2. The number of nitrogens with one attached hydrogen (secondary N) is 1. The zero-order chi connectivity index (χ0) is 23.0. The van der Waals surface area contributed by atoms with E-state index in [1.54, 1.807) is 0 Å². The first-order chi connectivity index (χ1) is 16.6. The second-order valence-electron chi connectivity index (χ2n) is 11.2. The van der Waals surface area contributed by atoms with Crippen LogP contribution in [0.15, 0.2) is 78.9 Å². The van der Waals surface area contributed by atoms with E-state index in [-0.39, 0.29) is 0 Å². The highest BCUT2D eigenvalue weighted by atomic mass is 35.5. The van der Waals surface area contributed by atoms with Gasteiger partial charge in [0.1, 0.15) is 11.5 Å². The van der Waals surface area contributed by atoms with Crippen molar-refractivity contribution in [1.29, 1.82) is 0 Å². The molecule has 4 fully saturated rings. The Morgan fingerprint density at radius 3 is 2.18 bits per heavy atom. The van der Waals surface area contributed by atoms with Crippen LogP contribution in [-0.4, -0.2) is 13.1 Å². The maximum Gasteiger partial charge on any atom is 0.127 e. The number of hydrogen-bond acceptors (Lipinski definition) is 2. The van der Waals surface area contributed by atoms with Crippen LogP contribution in [0.5, 0.6) is 11.5 Å². The molecule has 2 nitrogen and oxygen atoms in total. The lowest BCUT2D eigenvalue weighted by Crippen LogP contribution is -2.57. The van der Waals surface area contributed by atoms with E-state index in [1.807, 2.05) is 30.3 Å². The number of para-hydroxylation sites is 1. The number of hydrogen-bond donors (Lipinski definition) is 1. The Hall–Kier alpha value is -2.29. The van der Waals surface area contributed by atoms with Gasteiger partial charge in [0.25, 0.3) is 0 Å². The van der Waals surface area contributed by atoms with Crippen LogP contribution in [0, 0.1) is 17.3 Å². The lowest BCUT2D eigenvalue weighted by atomic mass is 9.43. The lowest BCUT2D eigenvalue weighted by Gasteiger charge is -2.62. The summed E-state index contributed by atoms with van der Waals surface area (Å²) in [4.78, 5) is 0. The minimum atomic E-state index is 0.380. The molecule has 176 valence electrons. The molecule has 0 radical (unpaired) electrons. The van der Waals surface area contributed by atoms with Gasteiger partial charge in [-0.15, -0.1) is 0 Å². The Bertz CT molecular complexity index is 1090. The molecular formula is C31H34ClNO. The molecule has 0 spiro atoms. The molecule has 34 heavy (non-hydrogen) atoms. The first-order valence-corrected chi connectivity index (χ1v) is 13.3. The zero-order valence-corrected chi connectivity index (χ0v) is 20.6. The van der Waals surface area contributed by atoms with Crippen LogP contribution in [0.3, 0.4) is 0 Å². The molecule has 4 aliphatic rings. The Kier molecular flexibility index (Phi) is 5.91. The van der Waals surface area contributed by atoms with Crippen molar-refractivity contribution in [3.63, 3.8) is 0 Å². The van der Waals surface area contributed by atoms with Crippen molar-refractivity contribution in [2.75, 3.05) is 13.1 Å². The fourth-order valence-electron chi connectivity index (χ4n) is 7.74. The summed E-state index contributed by atoms with van der Waals surface area (Å²) in [7, 11) is 0. The summed E-state index contributed by atoms with van der Waals surface area (Å²) in [6.07, 6.45) is 9.43. The SMILES string of the molecule is Clc1ccc(C23CC4CC(CC(CNCCc5ccc(Oc6ccccc6)cc5)(C4)C2)C3)cc1. The maximum atomic E-state index is 6.21. The third-order valence-electron chi connectivity index (χ3n) is 8.63. The van der Waals surface area contributed by atoms with E-state index < -0.39 is 0 Å². The van der Waals surface area contributed by atoms with Gasteiger partial charge in [0.05, 0.1) is 0 Å². The van der Waals surface area contributed by atoms with Crippen molar-refractivity contribution in [3.8, 4) is 11.5 Å². The quantitative estimate of drug-likeness (QED) is 0.338. The number of benzene rings is 3. The van der Waals surface area contributed by atoms with Gasteiger partial charge in [-0.1, -0.05) is 54.1 Å². The molecule has 4 saturated carbocycles. The van der Waals surface area contributed by atoms with Crippen LogP contribution >= 0.6 is 11.6 Å². The van der Waals surface area contributed by atoms with E-state index in [9.17, 15) is 0 Å². The Morgan fingerprint density at radius 2 is 1.47 bits per heavy atom. The average molecular weight is 472 g/mol. The zero-order valence-electron chi connectivity index (χ0n) is 19.8. The second-order valence-corrected chi connectivity index (χ2v) is 11.7. The second kappa shape index (κ2) is 9.06. The molecule has 0 amide bonds. The van der Waals surface area contributed by atoms with Crippen molar-refractivity contribution in [3.05, 3.63) is 95.0 Å². The minimum absolute atomic E-state index is 0.380. The Balaban J connectivity index is 1.05. The number of halogens is 1. The van der Waals surface area contributed by atoms with Gasteiger partial charge in [0, 0.05) is 11.6 Å². The van der Waals surface area contributed by atoms with Crippen molar-refractivity contribution < 1.29 is 4.74 Å². The van der Waals surface area contributed by atoms with Gasteiger partial charge in [-0.25, -0.2) is 0 Å². The highest BCUT2D eigenvalue weighted by Gasteiger charge is 2.57. The third-order valence-corrected chi connectivity index (χ3v) is 8.88. The fraction of sp³-hybridized carbons (Fsp3) is 0.419. The standard InChI is InChI=1S/C31H34ClNO/c32-27-10-8-26(9-11-27)31-19-24-16-25(20-31)18-30(17-24,21-31)22-33-15-14-23-6-12-29(13-7-23)34-28-4-2-1-3-5-28/h1-13,24-25,33H,14-22H2. The molecular weight excluding hydrogens is 438 g/mol. The molecule has 7 rings (SSSR count). The van der Waals surface area contributed by atoms with Crippen molar-refractivity contribution >= 4 is 11.6 Å². The molecule has 2 atom stereocenters. The molecule has 1 N–H and O–H groups in total. The van der Waals surface area contributed by atoms with Gasteiger partial charge in [-0.05, 0) is 122 Å². The van der Waals surface area contributed by atoms with Gasteiger partial charge in [-0.2, -0.15) is 0 Å². The normalized spacial score (nSPS) is 29.3. The van der Waals surface area contributed by atoms with Crippen LogP contribution in [0.25, 0.3) is 0 Å². The number of ether oxygens (including phenoxy) is 1. The fourth-order valence-corrected chi connectivity index (χ4v) is 7.86. The van der Waals surface area contributed by atoms with Crippen LogP contribution in [0.2, 0.25) is 5.02 Å². The van der Waals surface area contributed by atoms with E-state index in [1.165, 1.54) is 49.7 Å². The highest BCUT2D eigenvalue weighted by molar-refractivity contribution is 6.30. The first-order valence-electron chi connectivity index (χ1n) is 12.9. The summed E-state index contributed by atoms with van der Waals surface area (Å²) < 4.78 is 5.93. The predicted octanol–water partition coefficient (Wildman–Crippen LogP) is 7.80. The van der Waals surface area contributed by atoms with E-state index in [4.69, 9.17) is 16.3 Å². The van der Waals surface area contributed by atoms with Crippen LogP contribution in [0.1, 0.15) is 49.7 Å². The Labute approximate surface area is 208 Å². The monoisotopic (exact) mass is 471 g/mol. The van der Waals surface area contributed by atoms with Crippen LogP contribution < -0.4 is 10.1 Å². The van der Waals surface area contributed by atoms with Gasteiger partial charge in [-0.3, -0.25) is 0 Å². The third kappa shape index (κ3) is 4.51. The molecule has 4 bridgehead atoms. The van der Waals surface area contributed by atoms with Gasteiger partial charge < -0.3 is 10.1 Å². The largest absolute Gasteiger partial charge is 0.457 e. The summed E-state index contributed by atoms with van der Waals surface area (Å²) in [5.74, 6) is 3.57. The molecule has 3 aromatic carbocycles. The van der Waals surface area contributed by atoms with Crippen molar-refractivity contribution in [2.24, 2.45) is 17.3 Å². The van der Waals surface area contributed by atoms with E-state index in [0.717, 1.165) is 47.9 Å². The van der Waals surface area contributed by atoms with Gasteiger partial charge in [0.15, 0.2) is 0 Å². The van der Waals surface area contributed by atoms with E-state index >= 15 is 0 Å². The maximum absolute atomic E-state index is 6.21. The Morgan fingerprint density at radius 1 is 0.794 bits per heavy atom. The van der Waals surface area contributed by atoms with Crippen LogP contribution in [-0.2, 0) is 11.8 Å². The summed E-state index contributed by atoms with van der Waals surface area (Å²) >= 11 is 6.21. The van der Waals surface area contributed by atoms with Crippen LogP contribution in [0.4, 0.5) is 0 Å². The van der Waals surface area contributed by atoms with E-state index in [0.29, 0.717) is 10.8 Å². The molecule has 0 heterocycles. The minimum Gasteiger partial charge on any atom is -0.457 e. The summed E-state index contributed by atoms with van der Waals surface area (Å²) in [6.45, 7) is 2.19. The highest BCUT2D eigenvalue weighted by Crippen LogP contribution is 2.65. The molecule has 0 aliphatic heterocycles. The van der Waals surface area contributed by atoms with Gasteiger partial charge in [0.2, 0.25) is 0 Å². The van der Waals surface area contributed by atoms with Gasteiger partial charge >= 0.3 is 0 Å². The molecule has 2 unspecified atom stereocenters. The lowest BCUT2D eigenvalue weighted by molar-refractivity contribution is -0.0705. The average Bonchev–Trinajstić information content (AvgIpc) is 2.83. The summed E-state index contributed by atoms with van der Waals surface area (Å²) in [6, 6.07) is 27.3. The predicted molar refractivity (Wildman–Crippen MR) is 140 cm³/mol. The molecule has 4 aliphatic carbocycles. The molecule has 3 aromatic rings. The number of rotatable bonds is 8. The van der Waals surface area contributed by atoms with Crippen molar-refractivity contribution in [2.45, 2.75) is 50.4 Å².